The van der Waals surface area contributed by atoms with Crippen molar-refractivity contribution in [3.8, 4) is 11.8 Å². The molecule has 1 aromatic rings. The highest BCUT2D eigenvalue weighted by atomic mass is 16.3. The van der Waals surface area contributed by atoms with Crippen LogP contribution >= 0.6 is 0 Å². The SMILES string of the molecule is CCN(CCC#N)Cc1cccc(O)c1. The van der Waals surface area contributed by atoms with Gasteiger partial charge in [0.2, 0.25) is 0 Å². The molecule has 0 aliphatic rings. The lowest BCUT2D eigenvalue weighted by Crippen LogP contribution is -2.23. The van der Waals surface area contributed by atoms with Crippen molar-refractivity contribution in [2.45, 2.75) is 19.9 Å². The van der Waals surface area contributed by atoms with Crippen molar-refractivity contribution in [2.24, 2.45) is 0 Å². The molecule has 0 aliphatic carbocycles. The summed E-state index contributed by atoms with van der Waals surface area (Å²) in [7, 11) is 0. The van der Waals surface area contributed by atoms with E-state index in [1.807, 2.05) is 12.1 Å². The fourth-order valence-corrected chi connectivity index (χ4v) is 1.47. The number of phenolic OH excluding ortho intramolecular Hbond substituents is 1. The van der Waals surface area contributed by atoms with E-state index >= 15 is 0 Å². The van der Waals surface area contributed by atoms with E-state index in [4.69, 9.17) is 5.26 Å². The average Bonchev–Trinajstić information content (AvgIpc) is 2.24. The second-order valence-electron chi connectivity index (χ2n) is 3.45. The molecule has 0 spiro atoms. The Balaban J connectivity index is 2.55. The molecule has 1 aromatic carbocycles. The maximum Gasteiger partial charge on any atom is 0.115 e. The zero-order valence-electron chi connectivity index (χ0n) is 8.98. The molecular weight excluding hydrogens is 188 g/mol. The summed E-state index contributed by atoms with van der Waals surface area (Å²) in [5.74, 6) is 0.295. The Morgan fingerprint density at radius 2 is 2.27 bits per heavy atom. The number of nitrogens with zero attached hydrogens (tertiary/aromatic N) is 2. The van der Waals surface area contributed by atoms with Gasteiger partial charge in [-0.05, 0) is 24.2 Å². The lowest BCUT2D eigenvalue weighted by atomic mass is 10.2. The summed E-state index contributed by atoms with van der Waals surface area (Å²) in [6.45, 7) is 4.55. The third-order valence-corrected chi connectivity index (χ3v) is 2.30. The molecule has 15 heavy (non-hydrogen) atoms. The molecular formula is C12H16N2O. The van der Waals surface area contributed by atoms with Gasteiger partial charge in [-0.15, -0.1) is 0 Å². The number of benzene rings is 1. The molecule has 3 heteroatoms. The summed E-state index contributed by atoms with van der Waals surface area (Å²) >= 11 is 0. The van der Waals surface area contributed by atoms with Gasteiger partial charge in [0, 0.05) is 19.5 Å². The molecule has 0 saturated heterocycles. The van der Waals surface area contributed by atoms with Crippen LogP contribution in [0, 0.1) is 11.3 Å². The van der Waals surface area contributed by atoms with Gasteiger partial charge in [-0.2, -0.15) is 5.26 Å². The maximum atomic E-state index is 9.30. The van der Waals surface area contributed by atoms with E-state index in [2.05, 4.69) is 17.9 Å². The van der Waals surface area contributed by atoms with Crippen LogP contribution in [-0.4, -0.2) is 23.1 Å². The molecule has 0 radical (unpaired) electrons. The van der Waals surface area contributed by atoms with E-state index in [0.717, 1.165) is 25.2 Å². The molecule has 0 bridgehead atoms. The van der Waals surface area contributed by atoms with E-state index in [1.165, 1.54) is 0 Å². The van der Waals surface area contributed by atoms with Crippen LogP contribution in [0.5, 0.6) is 5.75 Å². The van der Waals surface area contributed by atoms with Crippen LogP contribution in [0.1, 0.15) is 18.9 Å². The molecule has 0 heterocycles. The minimum absolute atomic E-state index is 0.295. The van der Waals surface area contributed by atoms with Gasteiger partial charge in [0.05, 0.1) is 6.07 Å². The molecule has 3 nitrogen and oxygen atoms in total. The first-order valence-corrected chi connectivity index (χ1v) is 5.13. The van der Waals surface area contributed by atoms with E-state index in [1.54, 1.807) is 12.1 Å². The highest BCUT2D eigenvalue weighted by Crippen LogP contribution is 2.12. The molecule has 1 N–H and O–H groups in total. The molecule has 0 amide bonds. The third-order valence-electron chi connectivity index (χ3n) is 2.30. The molecule has 1 rings (SSSR count). The first kappa shape index (κ1) is 11.5. The summed E-state index contributed by atoms with van der Waals surface area (Å²) in [6.07, 6.45) is 0.548. The minimum atomic E-state index is 0.295. The van der Waals surface area contributed by atoms with Gasteiger partial charge in [-0.3, -0.25) is 4.90 Å². The standard InChI is InChI=1S/C12H16N2O/c1-2-14(8-4-7-13)10-11-5-3-6-12(15)9-11/h3,5-6,9,15H,2,4,8,10H2,1H3. The van der Waals surface area contributed by atoms with Crippen molar-refractivity contribution in [2.75, 3.05) is 13.1 Å². The van der Waals surface area contributed by atoms with Crippen molar-refractivity contribution in [1.82, 2.24) is 4.90 Å². The smallest absolute Gasteiger partial charge is 0.115 e. The zero-order chi connectivity index (χ0) is 11.1. The second kappa shape index (κ2) is 6.05. The van der Waals surface area contributed by atoms with Gasteiger partial charge in [0.25, 0.3) is 0 Å². The number of aromatic hydroxyl groups is 1. The van der Waals surface area contributed by atoms with Crippen LogP contribution in [0.4, 0.5) is 0 Å². The van der Waals surface area contributed by atoms with Gasteiger partial charge < -0.3 is 5.11 Å². The van der Waals surface area contributed by atoms with Crippen LogP contribution in [0.3, 0.4) is 0 Å². The molecule has 0 aliphatic heterocycles. The van der Waals surface area contributed by atoms with Crippen molar-refractivity contribution < 1.29 is 5.11 Å². The van der Waals surface area contributed by atoms with Crippen LogP contribution in [-0.2, 0) is 6.54 Å². The van der Waals surface area contributed by atoms with Gasteiger partial charge in [-0.25, -0.2) is 0 Å². The van der Waals surface area contributed by atoms with Crippen LogP contribution < -0.4 is 0 Å². The zero-order valence-corrected chi connectivity index (χ0v) is 8.98. The third kappa shape index (κ3) is 4.01. The van der Waals surface area contributed by atoms with Gasteiger partial charge in [-0.1, -0.05) is 19.1 Å². The molecule has 0 saturated carbocycles. The normalized spacial score (nSPS) is 10.2. The van der Waals surface area contributed by atoms with Crippen LogP contribution in [0.15, 0.2) is 24.3 Å². The molecule has 80 valence electrons. The summed E-state index contributed by atoms with van der Waals surface area (Å²) in [5, 5.41) is 17.8. The predicted octanol–water partition coefficient (Wildman–Crippen LogP) is 2.13. The van der Waals surface area contributed by atoms with E-state index in [0.29, 0.717) is 12.2 Å². The number of rotatable bonds is 5. The summed E-state index contributed by atoms with van der Waals surface area (Å²) < 4.78 is 0. The topological polar surface area (TPSA) is 47.3 Å². The Labute approximate surface area is 90.6 Å². The molecule has 0 fully saturated rings. The van der Waals surface area contributed by atoms with E-state index in [9.17, 15) is 5.11 Å². The Bertz CT molecular complexity index is 344. The Morgan fingerprint density at radius 1 is 1.47 bits per heavy atom. The lowest BCUT2D eigenvalue weighted by Gasteiger charge is -2.18. The van der Waals surface area contributed by atoms with Crippen molar-refractivity contribution in [3.05, 3.63) is 29.8 Å². The largest absolute Gasteiger partial charge is 0.508 e. The monoisotopic (exact) mass is 204 g/mol. The van der Waals surface area contributed by atoms with Crippen molar-refractivity contribution in [1.29, 1.82) is 5.26 Å². The number of nitriles is 1. The minimum Gasteiger partial charge on any atom is -0.508 e. The van der Waals surface area contributed by atoms with Crippen LogP contribution in [0.25, 0.3) is 0 Å². The summed E-state index contributed by atoms with van der Waals surface area (Å²) in [4.78, 5) is 2.18. The van der Waals surface area contributed by atoms with Gasteiger partial charge in [0.15, 0.2) is 0 Å². The number of hydrogen-bond donors (Lipinski definition) is 1. The molecule has 0 aromatic heterocycles. The lowest BCUT2D eigenvalue weighted by molar-refractivity contribution is 0.286. The number of phenols is 1. The van der Waals surface area contributed by atoms with E-state index < -0.39 is 0 Å². The highest BCUT2D eigenvalue weighted by molar-refractivity contribution is 5.26. The Hall–Kier alpha value is -1.53. The number of hydrogen-bond acceptors (Lipinski definition) is 3. The van der Waals surface area contributed by atoms with Crippen molar-refractivity contribution in [3.63, 3.8) is 0 Å². The van der Waals surface area contributed by atoms with E-state index in [-0.39, 0.29) is 0 Å². The highest BCUT2D eigenvalue weighted by Gasteiger charge is 2.03. The fraction of sp³-hybridized carbons (Fsp3) is 0.417. The van der Waals surface area contributed by atoms with Gasteiger partial charge >= 0.3 is 0 Å². The Morgan fingerprint density at radius 3 is 2.87 bits per heavy atom. The average molecular weight is 204 g/mol. The second-order valence-corrected chi connectivity index (χ2v) is 3.45. The summed E-state index contributed by atoms with van der Waals surface area (Å²) in [5.41, 5.74) is 1.08. The molecule has 0 atom stereocenters. The van der Waals surface area contributed by atoms with Gasteiger partial charge in [0.1, 0.15) is 5.75 Å². The first-order chi connectivity index (χ1) is 7.26. The summed E-state index contributed by atoms with van der Waals surface area (Å²) in [6, 6.07) is 9.38. The van der Waals surface area contributed by atoms with Crippen LogP contribution in [0.2, 0.25) is 0 Å². The predicted molar refractivity (Wildman–Crippen MR) is 59.3 cm³/mol. The van der Waals surface area contributed by atoms with Crippen molar-refractivity contribution >= 4 is 0 Å². The Kier molecular flexibility index (Phi) is 4.65. The molecule has 0 unspecified atom stereocenters. The first-order valence-electron chi connectivity index (χ1n) is 5.13. The fourth-order valence-electron chi connectivity index (χ4n) is 1.47. The maximum absolute atomic E-state index is 9.30. The quantitative estimate of drug-likeness (QED) is 0.799.